The normalized spacial score (nSPS) is 13.3. The third kappa shape index (κ3) is 7.68. The summed E-state index contributed by atoms with van der Waals surface area (Å²) in [5.41, 5.74) is 3.16. The van der Waals surface area contributed by atoms with Gasteiger partial charge in [0.1, 0.15) is 35.4 Å². The summed E-state index contributed by atoms with van der Waals surface area (Å²) in [5, 5.41) is 5.93. The van der Waals surface area contributed by atoms with Gasteiger partial charge in [-0.15, -0.1) is 13.2 Å². The molecule has 0 spiro atoms. The number of aromatic nitrogens is 1. The van der Waals surface area contributed by atoms with Crippen molar-refractivity contribution in [3.8, 4) is 17.2 Å². The molecular formula is C26H28F3N5O5S. The van der Waals surface area contributed by atoms with Gasteiger partial charge < -0.3 is 29.6 Å². The molecule has 1 amide bonds. The lowest BCUT2D eigenvalue weighted by atomic mass is 10.2. The van der Waals surface area contributed by atoms with E-state index in [1.807, 2.05) is 34.8 Å². The Balaban J connectivity index is 1.45. The van der Waals surface area contributed by atoms with Gasteiger partial charge in [-0.3, -0.25) is 4.79 Å². The van der Waals surface area contributed by atoms with Crippen LogP contribution in [-0.2, 0) is 21.2 Å². The second kappa shape index (κ2) is 11.5. The van der Waals surface area contributed by atoms with Gasteiger partial charge >= 0.3 is 6.36 Å². The number of carbonyl (C=O) groups is 1. The number of carbonyl (C=O) groups excluding carboxylic acids is 1. The van der Waals surface area contributed by atoms with Crippen molar-refractivity contribution < 1.29 is 35.9 Å². The summed E-state index contributed by atoms with van der Waals surface area (Å²) < 4.78 is 72.0. The van der Waals surface area contributed by atoms with E-state index in [-0.39, 0.29) is 18.0 Å². The first-order valence-electron chi connectivity index (χ1n) is 12.1. The predicted octanol–water partition coefficient (Wildman–Crippen LogP) is 3.91. The molecule has 4 rings (SSSR count). The summed E-state index contributed by atoms with van der Waals surface area (Å²) in [7, 11) is -1.51. The molecule has 1 aliphatic rings. The van der Waals surface area contributed by atoms with E-state index in [2.05, 4.69) is 20.4 Å². The van der Waals surface area contributed by atoms with Gasteiger partial charge in [0.25, 0.3) is 0 Å². The molecule has 214 valence electrons. The number of ether oxygens (including phenoxy) is 2. The largest absolute Gasteiger partial charge is 0.573 e. The molecule has 0 unspecified atom stereocenters. The molecule has 0 saturated heterocycles. The standard InChI is InChI=1S/C26H28F3N5O5S/c1-17-13-18(7-8-22(17)38-19-5-4-6-20(14-19)39-26(27,28)29)32-25-24-21(33(2)16-31-25)9-11-34(24)12-10-30-23(35)15-40(3,36)37/h4-9,11,13-14H,10,12,15-16H2,1-3H3,(H,30,35)(H,31,32). The van der Waals surface area contributed by atoms with E-state index in [1.165, 1.54) is 18.2 Å². The molecule has 0 bridgehead atoms. The van der Waals surface area contributed by atoms with Gasteiger partial charge in [0.05, 0.1) is 5.69 Å². The Labute approximate surface area is 229 Å². The first kappa shape index (κ1) is 28.8. The number of hydrogen-bond donors (Lipinski definition) is 2. The van der Waals surface area contributed by atoms with E-state index in [9.17, 15) is 26.4 Å². The number of nitrogens with zero attached hydrogens (tertiary/aromatic N) is 3. The van der Waals surface area contributed by atoms with Crippen LogP contribution in [0.1, 0.15) is 11.3 Å². The molecule has 0 radical (unpaired) electrons. The lowest BCUT2D eigenvalue weighted by Crippen LogP contribution is -2.34. The number of halogens is 3. The predicted molar refractivity (Wildman–Crippen MR) is 145 cm³/mol. The van der Waals surface area contributed by atoms with E-state index >= 15 is 0 Å². The Kier molecular flexibility index (Phi) is 8.28. The first-order chi connectivity index (χ1) is 18.8. The van der Waals surface area contributed by atoms with Crippen molar-refractivity contribution in [1.29, 1.82) is 0 Å². The van der Waals surface area contributed by atoms with Crippen LogP contribution in [0.4, 0.5) is 24.5 Å². The number of alkyl halides is 3. The molecule has 14 heteroatoms. The zero-order valence-electron chi connectivity index (χ0n) is 21.9. The van der Waals surface area contributed by atoms with Crippen molar-refractivity contribution in [3.63, 3.8) is 0 Å². The van der Waals surface area contributed by atoms with Crippen LogP contribution in [-0.4, -0.2) is 63.4 Å². The fourth-order valence-electron chi connectivity index (χ4n) is 4.08. The Morgan fingerprint density at radius 3 is 2.58 bits per heavy atom. The van der Waals surface area contributed by atoms with Crippen LogP contribution in [0, 0.1) is 6.92 Å². The average molecular weight is 580 g/mol. The molecule has 0 atom stereocenters. The summed E-state index contributed by atoms with van der Waals surface area (Å²) >= 11 is 0. The third-order valence-electron chi connectivity index (χ3n) is 5.79. The maximum Gasteiger partial charge on any atom is 0.573 e. The summed E-state index contributed by atoms with van der Waals surface area (Å²) in [4.78, 5) is 18.5. The lowest BCUT2D eigenvalue weighted by molar-refractivity contribution is -0.274. The second-order valence-corrected chi connectivity index (χ2v) is 11.4. The number of fused-ring (bicyclic) bond motifs is 1. The van der Waals surface area contributed by atoms with Gasteiger partial charge in [-0.05, 0) is 48.9 Å². The van der Waals surface area contributed by atoms with Crippen molar-refractivity contribution in [2.75, 3.05) is 42.5 Å². The molecule has 0 fully saturated rings. The van der Waals surface area contributed by atoms with Crippen LogP contribution in [0.2, 0.25) is 0 Å². The molecule has 2 aromatic carbocycles. The molecule has 1 aromatic heterocycles. The quantitative estimate of drug-likeness (QED) is 0.395. The minimum Gasteiger partial charge on any atom is -0.457 e. The fourth-order valence-corrected chi connectivity index (χ4v) is 4.66. The molecule has 2 heterocycles. The number of aliphatic imine (C=N–C) groups is 1. The number of hydrogen-bond acceptors (Lipinski definition) is 8. The Bertz CT molecular complexity index is 1540. The van der Waals surface area contributed by atoms with Crippen molar-refractivity contribution in [1.82, 2.24) is 9.88 Å². The lowest BCUT2D eigenvalue weighted by Gasteiger charge is -2.26. The zero-order valence-corrected chi connectivity index (χ0v) is 22.8. The van der Waals surface area contributed by atoms with Crippen molar-refractivity contribution in [2.24, 2.45) is 4.99 Å². The Morgan fingerprint density at radius 1 is 1.12 bits per heavy atom. The summed E-state index contributed by atoms with van der Waals surface area (Å²) in [6.45, 7) is 2.84. The van der Waals surface area contributed by atoms with E-state index in [1.54, 1.807) is 19.1 Å². The van der Waals surface area contributed by atoms with Crippen molar-refractivity contribution >= 4 is 33.0 Å². The van der Waals surface area contributed by atoms with Crippen molar-refractivity contribution in [2.45, 2.75) is 19.8 Å². The minimum atomic E-state index is -4.80. The first-order valence-corrected chi connectivity index (χ1v) is 14.1. The van der Waals surface area contributed by atoms with E-state index in [0.29, 0.717) is 30.5 Å². The number of anilines is 2. The SMILES string of the molecule is Cc1cc(NC2=NCN(C)c3ccn(CCNC(=O)CS(C)(=O)=O)c32)ccc1Oc1cccc(OC(F)(F)F)c1. The smallest absolute Gasteiger partial charge is 0.457 e. The summed E-state index contributed by atoms with van der Waals surface area (Å²) in [5.74, 6) is -0.268. The highest BCUT2D eigenvalue weighted by atomic mass is 32.2. The Hall–Kier alpha value is -4.20. The highest BCUT2D eigenvalue weighted by Crippen LogP contribution is 2.32. The van der Waals surface area contributed by atoms with Crippen molar-refractivity contribution in [3.05, 3.63) is 66.0 Å². The second-order valence-electron chi connectivity index (χ2n) is 9.24. The number of benzene rings is 2. The van der Waals surface area contributed by atoms with Crippen LogP contribution in [0.25, 0.3) is 0 Å². The minimum absolute atomic E-state index is 0.191. The zero-order chi connectivity index (χ0) is 29.1. The van der Waals surface area contributed by atoms with E-state index in [4.69, 9.17) is 4.74 Å². The number of amidine groups is 1. The van der Waals surface area contributed by atoms with Gasteiger partial charge in [0.15, 0.2) is 15.7 Å². The molecule has 0 saturated carbocycles. The Morgan fingerprint density at radius 2 is 1.88 bits per heavy atom. The molecule has 40 heavy (non-hydrogen) atoms. The van der Waals surface area contributed by atoms with Gasteiger partial charge in [-0.2, -0.15) is 0 Å². The number of sulfone groups is 1. The van der Waals surface area contributed by atoms with Crippen LogP contribution < -0.4 is 25.0 Å². The van der Waals surface area contributed by atoms with Crippen LogP contribution in [0.5, 0.6) is 17.2 Å². The monoisotopic (exact) mass is 579 g/mol. The number of aryl methyl sites for hydroxylation is 1. The molecule has 0 aliphatic carbocycles. The maximum atomic E-state index is 12.5. The van der Waals surface area contributed by atoms with Crippen LogP contribution >= 0.6 is 0 Å². The van der Waals surface area contributed by atoms with Gasteiger partial charge in [-0.25, -0.2) is 13.4 Å². The number of rotatable bonds is 9. The highest BCUT2D eigenvalue weighted by molar-refractivity contribution is 7.91. The number of amides is 1. The average Bonchev–Trinajstić information content (AvgIpc) is 3.26. The topological polar surface area (TPSA) is 114 Å². The summed E-state index contributed by atoms with van der Waals surface area (Å²) in [6, 6.07) is 12.5. The molecule has 2 N–H and O–H groups in total. The van der Waals surface area contributed by atoms with Gasteiger partial charge in [-0.1, -0.05) is 6.07 Å². The highest BCUT2D eigenvalue weighted by Gasteiger charge is 2.31. The van der Waals surface area contributed by atoms with Crippen LogP contribution in [0.15, 0.2) is 59.7 Å². The molecule has 1 aliphatic heterocycles. The van der Waals surface area contributed by atoms with E-state index in [0.717, 1.165) is 29.3 Å². The molecule has 10 nitrogen and oxygen atoms in total. The third-order valence-corrected chi connectivity index (χ3v) is 6.58. The molecular weight excluding hydrogens is 551 g/mol. The molecule has 3 aromatic rings. The van der Waals surface area contributed by atoms with E-state index < -0.39 is 27.9 Å². The summed E-state index contributed by atoms with van der Waals surface area (Å²) in [6.07, 6.45) is -1.93. The van der Waals surface area contributed by atoms with Gasteiger partial charge in [0.2, 0.25) is 5.91 Å². The number of nitrogens with one attached hydrogen (secondary N) is 2. The fraction of sp³-hybridized carbons (Fsp3) is 0.308. The maximum absolute atomic E-state index is 12.5. The van der Waals surface area contributed by atoms with Gasteiger partial charge in [0, 0.05) is 44.3 Å². The van der Waals surface area contributed by atoms with Crippen LogP contribution in [0.3, 0.4) is 0 Å².